The summed E-state index contributed by atoms with van der Waals surface area (Å²) in [7, 11) is -3.61. The Hall–Kier alpha value is -1.67. The molecule has 0 aromatic carbocycles. The Kier molecular flexibility index (Phi) is 3.58. The van der Waals surface area contributed by atoms with Crippen LogP contribution >= 0.6 is 0 Å². The fraction of sp³-hybridized carbons (Fsp3) is 0.538. The molecule has 0 fully saturated rings. The Morgan fingerprint density at radius 3 is 2.95 bits per heavy atom. The topological polar surface area (TPSA) is 90.0 Å². The molecule has 0 saturated heterocycles. The summed E-state index contributed by atoms with van der Waals surface area (Å²) in [5.74, 6) is 1.99. The van der Waals surface area contributed by atoms with Gasteiger partial charge in [0.15, 0.2) is 5.82 Å². The van der Waals surface area contributed by atoms with Gasteiger partial charge < -0.3 is 4.42 Å². The predicted molar refractivity (Wildman–Crippen MR) is 75.2 cm³/mol. The number of aryl methyl sites for hydroxylation is 1. The quantitative estimate of drug-likeness (QED) is 0.919. The molecule has 7 nitrogen and oxygen atoms in total. The highest BCUT2D eigenvalue weighted by molar-refractivity contribution is 7.89. The second-order valence-electron chi connectivity index (χ2n) is 5.51. The van der Waals surface area contributed by atoms with Gasteiger partial charge >= 0.3 is 0 Å². The summed E-state index contributed by atoms with van der Waals surface area (Å²) < 4.78 is 33.7. The van der Waals surface area contributed by atoms with Gasteiger partial charge in [0.2, 0.25) is 5.09 Å². The molecular formula is C13H18N4O3S. The van der Waals surface area contributed by atoms with E-state index in [2.05, 4.69) is 14.8 Å². The summed E-state index contributed by atoms with van der Waals surface area (Å²) in [6, 6.07) is 2.79. The van der Waals surface area contributed by atoms with Crippen molar-refractivity contribution < 1.29 is 12.8 Å². The van der Waals surface area contributed by atoms with Gasteiger partial charge in [0.1, 0.15) is 5.82 Å². The van der Waals surface area contributed by atoms with Gasteiger partial charge in [-0.25, -0.2) is 22.8 Å². The van der Waals surface area contributed by atoms with E-state index in [1.165, 1.54) is 12.3 Å². The number of sulfonamides is 1. The molecule has 3 heterocycles. The summed E-state index contributed by atoms with van der Waals surface area (Å²) in [6.45, 7) is 4.58. The van der Waals surface area contributed by atoms with Gasteiger partial charge in [-0.15, -0.1) is 0 Å². The van der Waals surface area contributed by atoms with Crippen molar-refractivity contribution >= 4 is 10.0 Å². The largest absolute Gasteiger partial charge is 0.452 e. The molecule has 1 N–H and O–H groups in total. The Balaban J connectivity index is 1.75. The van der Waals surface area contributed by atoms with Gasteiger partial charge in [-0.3, -0.25) is 0 Å². The smallest absolute Gasteiger partial charge is 0.274 e. The van der Waals surface area contributed by atoms with Crippen LogP contribution in [0.5, 0.6) is 0 Å². The highest BCUT2D eigenvalue weighted by Gasteiger charge is 2.27. The molecule has 2 aromatic heterocycles. The summed E-state index contributed by atoms with van der Waals surface area (Å²) in [4.78, 5) is 4.49. The number of hydrogen-bond donors (Lipinski definition) is 1. The SMILES string of the molecule is CC(C)c1nc2n(n1)C[C@H](NS(=O)(=O)c1ccco1)CC2. The number of furan rings is 1. The molecule has 8 heteroatoms. The fourth-order valence-electron chi connectivity index (χ4n) is 2.36. The van der Waals surface area contributed by atoms with Crippen LogP contribution in [0.25, 0.3) is 0 Å². The second-order valence-corrected chi connectivity index (χ2v) is 7.16. The molecule has 21 heavy (non-hydrogen) atoms. The Morgan fingerprint density at radius 2 is 2.29 bits per heavy atom. The Labute approximate surface area is 123 Å². The summed E-state index contributed by atoms with van der Waals surface area (Å²) >= 11 is 0. The molecule has 0 unspecified atom stereocenters. The number of aromatic nitrogens is 3. The molecule has 1 atom stereocenters. The molecule has 2 aromatic rings. The van der Waals surface area contributed by atoms with Gasteiger partial charge in [0, 0.05) is 18.4 Å². The lowest BCUT2D eigenvalue weighted by molar-refractivity contribution is 0.385. The first-order valence-electron chi connectivity index (χ1n) is 6.95. The predicted octanol–water partition coefficient (Wildman–Crippen LogP) is 1.29. The minimum Gasteiger partial charge on any atom is -0.452 e. The van der Waals surface area contributed by atoms with Crippen LogP contribution in [0.2, 0.25) is 0 Å². The van der Waals surface area contributed by atoms with E-state index in [0.717, 1.165) is 11.6 Å². The van der Waals surface area contributed by atoms with Crippen molar-refractivity contribution in [3.05, 3.63) is 30.0 Å². The average molecular weight is 310 g/mol. The van der Waals surface area contributed by atoms with Crippen LogP contribution in [0.3, 0.4) is 0 Å². The average Bonchev–Trinajstić information content (AvgIpc) is 3.07. The zero-order valence-corrected chi connectivity index (χ0v) is 12.8. The van der Waals surface area contributed by atoms with E-state index in [1.807, 2.05) is 13.8 Å². The van der Waals surface area contributed by atoms with Crippen molar-refractivity contribution in [2.45, 2.75) is 50.3 Å². The lowest BCUT2D eigenvalue weighted by atomic mass is 10.1. The van der Waals surface area contributed by atoms with Crippen molar-refractivity contribution in [1.29, 1.82) is 0 Å². The highest BCUT2D eigenvalue weighted by Crippen LogP contribution is 2.18. The first kappa shape index (κ1) is 14.3. The maximum Gasteiger partial charge on any atom is 0.274 e. The van der Waals surface area contributed by atoms with Crippen LogP contribution < -0.4 is 4.72 Å². The van der Waals surface area contributed by atoms with Crippen molar-refractivity contribution in [2.75, 3.05) is 0 Å². The third kappa shape index (κ3) is 2.86. The van der Waals surface area contributed by atoms with E-state index in [1.54, 1.807) is 10.7 Å². The molecule has 0 aliphatic carbocycles. The van der Waals surface area contributed by atoms with Crippen molar-refractivity contribution in [2.24, 2.45) is 0 Å². The van der Waals surface area contributed by atoms with Gasteiger partial charge in [0.05, 0.1) is 12.8 Å². The van der Waals surface area contributed by atoms with E-state index in [4.69, 9.17) is 4.42 Å². The van der Waals surface area contributed by atoms with E-state index in [9.17, 15) is 8.42 Å². The molecule has 0 saturated carbocycles. The minimum absolute atomic E-state index is 0.0604. The minimum atomic E-state index is -3.61. The maximum atomic E-state index is 12.1. The van der Waals surface area contributed by atoms with Gasteiger partial charge in [0.25, 0.3) is 10.0 Å². The molecule has 0 bridgehead atoms. The van der Waals surface area contributed by atoms with E-state index in [-0.39, 0.29) is 17.1 Å². The standard InChI is InChI=1S/C13H18N4O3S/c1-9(2)13-14-11-6-5-10(8-17(11)15-13)16-21(18,19)12-4-3-7-20-12/h3-4,7,9-10,16H,5-6,8H2,1-2H3/t10-/m1/s1. The first-order valence-corrected chi connectivity index (χ1v) is 8.43. The van der Waals surface area contributed by atoms with Crippen molar-refractivity contribution in [1.82, 2.24) is 19.5 Å². The molecule has 0 spiro atoms. The van der Waals surface area contributed by atoms with Crippen LogP contribution in [-0.2, 0) is 23.0 Å². The summed E-state index contributed by atoms with van der Waals surface area (Å²) in [6.07, 6.45) is 2.76. The van der Waals surface area contributed by atoms with Crippen molar-refractivity contribution in [3.8, 4) is 0 Å². The Bertz CT molecular complexity index is 719. The fourth-order valence-corrected chi connectivity index (χ4v) is 3.55. The molecule has 1 aliphatic rings. The third-order valence-corrected chi connectivity index (χ3v) is 4.88. The normalized spacial score (nSPS) is 18.9. The molecule has 3 rings (SSSR count). The summed E-state index contributed by atoms with van der Waals surface area (Å²) in [5.41, 5.74) is 0. The lowest BCUT2D eigenvalue weighted by Gasteiger charge is -2.22. The van der Waals surface area contributed by atoms with Crippen LogP contribution in [-0.4, -0.2) is 29.2 Å². The van der Waals surface area contributed by atoms with Crippen molar-refractivity contribution in [3.63, 3.8) is 0 Å². The molecule has 114 valence electrons. The molecular weight excluding hydrogens is 292 g/mol. The number of nitrogens with zero attached hydrogens (tertiary/aromatic N) is 3. The number of hydrogen-bond acceptors (Lipinski definition) is 5. The third-order valence-electron chi connectivity index (χ3n) is 3.47. The number of nitrogens with one attached hydrogen (secondary N) is 1. The zero-order chi connectivity index (χ0) is 15.0. The molecule has 1 aliphatic heterocycles. The first-order chi connectivity index (χ1) is 9.95. The Morgan fingerprint density at radius 1 is 1.48 bits per heavy atom. The van der Waals surface area contributed by atoms with Gasteiger partial charge in [-0.2, -0.15) is 5.10 Å². The maximum absolute atomic E-state index is 12.1. The van der Waals surface area contributed by atoms with Crippen LogP contribution in [0, 0.1) is 0 Å². The van der Waals surface area contributed by atoms with E-state index >= 15 is 0 Å². The van der Waals surface area contributed by atoms with E-state index in [0.29, 0.717) is 19.4 Å². The number of rotatable bonds is 4. The van der Waals surface area contributed by atoms with Crippen LogP contribution in [0.4, 0.5) is 0 Å². The van der Waals surface area contributed by atoms with Crippen LogP contribution in [0.15, 0.2) is 27.9 Å². The van der Waals surface area contributed by atoms with Gasteiger partial charge in [-0.05, 0) is 18.6 Å². The molecule has 0 amide bonds. The van der Waals surface area contributed by atoms with Crippen LogP contribution in [0.1, 0.15) is 37.8 Å². The van der Waals surface area contributed by atoms with Gasteiger partial charge in [-0.1, -0.05) is 13.8 Å². The highest BCUT2D eigenvalue weighted by atomic mass is 32.2. The number of fused-ring (bicyclic) bond motifs is 1. The zero-order valence-electron chi connectivity index (χ0n) is 12.0. The second kappa shape index (κ2) is 5.27. The van der Waals surface area contributed by atoms with E-state index < -0.39 is 10.0 Å². The monoisotopic (exact) mass is 310 g/mol. The lowest BCUT2D eigenvalue weighted by Crippen LogP contribution is -2.41. The molecule has 0 radical (unpaired) electrons. The summed E-state index contributed by atoms with van der Waals surface area (Å²) in [5, 5.41) is 4.38.